The first-order valence-corrected chi connectivity index (χ1v) is 6.05. The molecule has 0 aliphatic rings. The third-order valence-electron chi connectivity index (χ3n) is 3.00. The van der Waals surface area contributed by atoms with Crippen molar-refractivity contribution in [2.75, 3.05) is 0 Å². The molecular formula is C15H11NO4. The monoisotopic (exact) mass is 269 g/mol. The Morgan fingerprint density at radius 3 is 2.50 bits per heavy atom. The molecule has 100 valence electrons. The highest BCUT2D eigenvalue weighted by atomic mass is 16.5. The van der Waals surface area contributed by atoms with E-state index in [4.69, 9.17) is 8.94 Å². The maximum Gasteiger partial charge on any atom is 0.361 e. The molecule has 0 bridgehead atoms. The van der Waals surface area contributed by atoms with Gasteiger partial charge < -0.3 is 8.94 Å². The molecule has 0 amide bonds. The van der Waals surface area contributed by atoms with Gasteiger partial charge in [0.1, 0.15) is 5.69 Å². The van der Waals surface area contributed by atoms with Crippen molar-refractivity contribution in [1.29, 1.82) is 0 Å². The molecule has 5 heteroatoms. The predicted molar refractivity (Wildman–Crippen MR) is 71.6 cm³/mol. The zero-order chi connectivity index (χ0) is 14.1. The first kappa shape index (κ1) is 12.2. The standard InChI is InChI=1S/C15H11NO4/c1-10-13(12-8-5-9-19-12)16(20-15(10)18)14(17)11-6-3-2-4-7-11/h2-9H,1H3. The van der Waals surface area contributed by atoms with E-state index in [0.717, 1.165) is 4.74 Å². The molecule has 5 nitrogen and oxygen atoms in total. The summed E-state index contributed by atoms with van der Waals surface area (Å²) < 4.78 is 11.3. The third kappa shape index (κ3) is 1.89. The number of hydrogen-bond acceptors (Lipinski definition) is 4. The second kappa shape index (κ2) is 4.70. The van der Waals surface area contributed by atoms with Gasteiger partial charge in [0, 0.05) is 5.56 Å². The first-order valence-electron chi connectivity index (χ1n) is 6.05. The Kier molecular flexibility index (Phi) is 2.87. The molecule has 20 heavy (non-hydrogen) atoms. The molecule has 0 atom stereocenters. The van der Waals surface area contributed by atoms with Gasteiger partial charge in [-0.3, -0.25) is 4.79 Å². The Morgan fingerprint density at radius 2 is 1.85 bits per heavy atom. The lowest BCUT2D eigenvalue weighted by Crippen LogP contribution is -2.12. The molecule has 0 spiro atoms. The molecule has 1 aromatic carbocycles. The second-order valence-corrected chi connectivity index (χ2v) is 4.30. The van der Waals surface area contributed by atoms with Gasteiger partial charge in [0.05, 0.1) is 11.8 Å². The third-order valence-corrected chi connectivity index (χ3v) is 3.00. The lowest BCUT2D eigenvalue weighted by atomic mass is 10.2. The fourth-order valence-corrected chi connectivity index (χ4v) is 1.99. The maximum atomic E-state index is 12.4. The van der Waals surface area contributed by atoms with E-state index < -0.39 is 11.5 Å². The summed E-state index contributed by atoms with van der Waals surface area (Å²) in [6.07, 6.45) is 1.48. The fourth-order valence-electron chi connectivity index (χ4n) is 1.99. The minimum atomic E-state index is -0.555. The largest absolute Gasteiger partial charge is 0.463 e. The Labute approximate surface area is 114 Å². The maximum absolute atomic E-state index is 12.4. The molecule has 2 aromatic heterocycles. The number of carbonyl (C=O) groups is 1. The highest BCUT2D eigenvalue weighted by Gasteiger charge is 2.23. The van der Waals surface area contributed by atoms with Crippen molar-refractivity contribution in [1.82, 2.24) is 4.74 Å². The fraction of sp³-hybridized carbons (Fsp3) is 0.0667. The van der Waals surface area contributed by atoms with E-state index in [1.165, 1.54) is 6.26 Å². The lowest BCUT2D eigenvalue weighted by molar-refractivity contribution is 0.0842. The minimum Gasteiger partial charge on any atom is -0.463 e. The number of carbonyl (C=O) groups excluding carboxylic acids is 1. The van der Waals surface area contributed by atoms with Crippen LogP contribution in [0.4, 0.5) is 0 Å². The zero-order valence-corrected chi connectivity index (χ0v) is 10.7. The summed E-state index contributed by atoms with van der Waals surface area (Å²) in [5.74, 6) is -0.000156. The van der Waals surface area contributed by atoms with Crippen LogP contribution < -0.4 is 5.63 Å². The Morgan fingerprint density at radius 1 is 1.10 bits per heavy atom. The molecule has 0 saturated heterocycles. The van der Waals surface area contributed by atoms with Crippen molar-refractivity contribution in [2.24, 2.45) is 0 Å². The van der Waals surface area contributed by atoms with Crippen LogP contribution in [-0.2, 0) is 0 Å². The number of aromatic nitrogens is 1. The number of hydrogen-bond donors (Lipinski definition) is 0. The average Bonchev–Trinajstić information content (AvgIpc) is 3.08. The van der Waals surface area contributed by atoms with Gasteiger partial charge in [-0.1, -0.05) is 18.2 Å². The minimum absolute atomic E-state index is 0.337. The van der Waals surface area contributed by atoms with Crippen LogP contribution in [-0.4, -0.2) is 10.6 Å². The quantitative estimate of drug-likeness (QED) is 0.717. The van der Waals surface area contributed by atoms with E-state index in [1.807, 2.05) is 0 Å². The van der Waals surface area contributed by atoms with Gasteiger partial charge in [-0.05, 0) is 31.2 Å². The number of nitrogens with zero attached hydrogens (tertiary/aromatic N) is 1. The van der Waals surface area contributed by atoms with Gasteiger partial charge in [0.15, 0.2) is 5.76 Å². The van der Waals surface area contributed by atoms with Crippen LogP contribution in [0.15, 0.2) is 62.5 Å². The van der Waals surface area contributed by atoms with Gasteiger partial charge in [0.25, 0.3) is 5.91 Å². The van der Waals surface area contributed by atoms with Gasteiger partial charge in [-0.2, -0.15) is 0 Å². The van der Waals surface area contributed by atoms with Crippen LogP contribution in [0.1, 0.15) is 15.9 Å². The molecule has 0 N–H and O–H groups in total. The van der Waals surface area contributed by atoms with E-state index in [2.05, 4.69) is 0 Å². The van der Waals surface area contributed by atoms with Crippen LogP contribution in [0.5, 0.6) is 0 Å². The van der Waals surface area contributed by atoms with Gasteiger partial charge in [-0.15, -0.1) is 4.74 Å². The van der Waals surface area contributed by atoms with Gasteiger partial charge in [-0.25, -0.2) is 4.79 Å². The predicted octanol–water partition coefficient (Wildman–Crippen LogP) is 2.70. The summed E-state index contributed by atoms with van der Waals surface area (Å²) in [7, 11) is 0. The summed E-state index contributed by atoms with van der Waals surface area (Å²) in [6, 6.07) is 12.0. The molecule has 0 fully saturated rings. The topological polar surface area (TPSA) is 65.3 Å². The van der Waals surface area contributed by atoms with Crippen LogP contribution in [0, 0.1) is 6.92 Å². The number of furan rings is 1. The molecule has 0 aliphatic carbocycles. The Hall–Kier alpha value is -2.82. The van der Waals surface area contributed by atoms with Crippen molar-refractivity contribution in [2.45, 2.75) is 6.92 Å². The highest BCUT2D eigenvalue weighted by molar-refractivity contribution is 5.97. The average molecular weight is 269 g/mol. The normalized spacial score (nSPS) is 10.7. The van der Waals surface area contributed by atoms with Crippen molar-refractivity contribution < 1.29 is 13.7 Å². The van der Waals surface area contributed by atoms with E-state index >= 15 is 0 Å². The van der Waals surface area contributed by atoms with E-state index in [1.54, 1.807) is 49.4 Å². The molecular weight excluding hydrogens is 258 g/mol. The van der Waals surface area contributed by atoms with Crippen LogP contribution in [0.3, 0.4) is 0 Å². The van der Waals surface area contributed by atoms with Crippen molar-refractivity contribution in [3.05, 3.63) is 70.3 Å². The molecule has 0 aliphatic heterocycles. The first-order chi connectivity index (χ1) is 9.68. The molecule has 0 radical (unpaired) electrons. The summed E-state index contributed by atoms with van der Waals surface area (Å²) in [4.78, 5) is 24.1. The smallest absolute Gasteiger partial charge is 0.361 e. The highest BCUT2D eigenvalue weighted by Crippen LogP contribution is 2.23. The van der Waals surface area contributed by atoms with Crippen LogP contribution >= 0.6 is 0 Å². The molecule has 3 aromatic rings. The SMILES string of the molecule is Cc1c(-c2ccco2)n(C(=O)c2ccccc2)oc1=O. The zero-order valence-electron chi connectivity index (χ0n) is 10.7. The van der Waals surface area contributed by atoms with Crippen LogP contribution in [0.25, 0.3) is 11.5 Å². The summed E-state index contributed by atoms with van der Waals surface area (Å²) in [6.45, 7) is 1.60. The Bertz CT molecular complexity index is 794. The van der Waals surface area contributed by atoms with E-state index in [0.29, 0.717) is 22.6 Å². The molecule has 2 heterocycles. The van der Waals surface area contributed by atoms with Crippen molar-refractivity contribution >= 4 is 5.91 Å². The summed E-state index contributed by atoms with van der Waals surface area (Å²) in [5.41, 5.74) is 0.554. The van der Waals surface area contributed by atoms with E-state index in [9.17, 15) is 9.59 Å². The van der Waals surface area contributed by atoms with Gasteiger partial charge in [0.2, 0.25) is 0 Å². The van der Waals surface area contributed by atoms with Gasteiger partial charge >= 0.3 is 5.63 Å². The van der Waals surface area contributed by atoms with E-state index in [-0.39, 0.29) is 0 Å². The van der Waals surface area contributed by atoms with Crippen molar-refractivity contribution in [3.8, 4) is 11.5 Å². The molecule has 0 saturated carbocycles. The summed E-state index contributed by atoms with van der Waals surface area (Å²) in [5, 5.41) is 0. The van der Waals surface area contributed by atoms with Crippen LogP contribution in [0.2, 0.25) is 0 Å². The number of benzene rings is 1. The Balaban J connectivity index is 2.18. The summed E-state index contributed by atoms with van der Waals surface area (Å²) >= 11 is 0. The molecule has 3 rings (SSSR count). The van der Waals surface area contributed by atoms with Crippen molar-refractivity contribution in [3.63, 3.8) is 0 Å². The second-order valence-electron chi connectivity index (χ2n) is 4.30. The number of rotatable bonds is 2. The lowest BCUT2D eigenvalue weighted by Gasteiger charge is -2.03. The molecule has 0 unspecified atom stereocenters.